The van der Waals surface area contributed by atoms with Gasteiger partial charge in [0.05, 0.1) is 19.1 Å². The summed E-state index contributed by atoms with van der Waals surface area (Å²) in [5.41, 5.74) is 0.889. The van der Waals surface area contributed by atoms with Gasteiger partial charge in [0, 0.05) is 12.1 Å². The van der Waals surface area contributed by atoms with Crippen molar-refractivity contribution in [3.63, 3.8) is 0 Å². The van der Waals surface area contributed by atoms with Crippen molar-refractivity contribution < 1.29 is 14.8 Å². The number of nitro groups is 1. The Morgan fingerprint density at radius 2 is 1.90 bits per heavy atom. The van der Waals surface area contributed by atoms with E-state index in [0.29, 0.717) is 19.2 Å². The average molecular weight is 549 g/mol. The number of hydrogen-bond acceptors (Lipinski definition) is 6. The molecule has 0 spiro atoms. The minimum atomic E-state index is -0.625. The number of nitro benzene ring substituents is 1. The predicted octanol–water partition coefficient (Wildman–Crippen LogP) is 5.84. The molecule has 31 heavy (non-hydrogen) atoms. The molecule has 2 aliphatic rings. The molecule has 0 bridgehead atoms. The minimum absolute atomic E-state index is 0.108. The van der Waals surface area contributed by atoms with Gasteiger partial charge in [-0.3, -0.25) is 19.8 Å². The van der Waals surface area contributed by atoms with Gasteiger partial charge in [-0.15, -0.1) is 0 Å². The number of benzene rings is 2. The van der Waals surface area contributed by atoms with Gasteiger partial charge in [-0.2, -0.15) is 0 Å². The SMILES string of the molecule is O=C1/C(=C/c2cc(I)c(O)c([N+](=O)[O-])c2)SC(=Nc2ccccc2)N1C1CCCCC1. The molecule has 0 unspecified atom stereocenters. The highest BCUT2D eigenvalue weighted by Crippen LogP contribution is 2.40. The molecule has 160 valence electrons. The molecule has 0 aromatic heterocycles. The van der Waals surface area contributed by atoms with Crippen molar-refractivity contribution in [3.8, 4) is 5.75 Å². The van der Waals surface area contributed by atoms with Crippen LogP contribution in [0, 0.1) is 13.7 Å². The smallest absolute Gasteiger partial charge is 0.312 e. The summed E-state index contributed by atoms with van der Waals surface area (Å²) in [4.78, 5) is 31.0. The van der Waals surface area contributed by atoms with Gasteiger partial charge in [0.1, 0.15) is 0 Å². The second-order valence-corrected chi connectivity index (χ2v) is 9.61. The van der Waals surface area contributed by atoms with Crippen molar-refractivity contribution >= 4 is 62.9 Å². The number of para-hydroxylation sites is 1. The maximum Gasteiger partial charge on any atom is 0.312 e. The lowest BCUT2D eigenvalue weighted by Crippen LogP contribution is -2.40. The molecule has 0 radical (unpaired) electrons. The lowest BCUT2D eigenvalue weighted by molar-refractivity contribution is -0.386. The van der Waals surface area contributed by atoms with E-state index in [0.717, 1.165) is 31.4 Å². The van der Waals surface area contributed by atoms with Gasteiger partial charge in [0.2, 0.25) is 5.75 Å². The van der Waals surface area contributed by atoms with Crippen LogP contribution >= 0.6 is 34.4 Å². The second kappa shape index (κ2) is 9.39. The Bertz CT molecular complexity index is 1080. The molecule has 1 N–H and O–H groups in total. The number of aliphatic imine (C=N–C) groups is 1. The average Bonchev–Trinajstić information content (AvgIpc) is 3.06. The molecule has 1 saturated heterocycles. The fraction of sp³-hybridized carbons (Fsp3) is 0.273. The van der Waals surface area contributed by atoms with Crippen molar-refractivity contribution in [2.75, 3.05) is 0 Å². The van der Waals surface area contributed by atoms with Crippen LogP contribution in [0.2, 0.25) is 0 Å². The van der Waals surface area contributed by atoms with Crippen molar-refractivity contribution in [2.24, 2.45) is 4.99 Å². The van der Waals surface area contributed by atoms with E-state index in [1.54, 1.807) is 17.0 Å². The number of halogens is 1. The van der Waals surface area contributed by atoms with Crippen LogP contribution in [0.15, 0.2) is 52.4 Å². The number of amidine groups is 1. The first-order valence-electron chi connectivity index (χ1n) is 9.98. The van der Waals surface area contributed by atoms with Gasteiger partial charge in [-0.05, 0) is 77.0 Å². The number of amides is 1. The first-order valence-corrected chi connectivity index (χ1v) is 11.9. The number of rotatable bonds is 4. The number of hydrogen-bond donors (Lipinski definition) is 1. The van der Waals surface area contributed by atoms with Crippen LogP contribution in [0.1, 0.15) is 37.7 Å². The van der Waals surface area contributed by atoms with Crippen LogP contribution in [0.3, 0.4) is 0 Å². The van der Waals surface area contributed by atoms with Gasteiger partial charge in [-0.1, -0.05) is 37.5 Å². The highest BCUT2D eigenvalue weighted by molar-refractivity contribution is 14.1. The molecule has 1 amide bonds. The van der Waals surface area contributed by atoms with Crippen LogP contribution < -0.4 is 0 Å². The normalized spacial score (nSPS) is 20.0. The Kier molecular flexibility index (Phi) is 6.61. The molecule has 2 fully saturated rings. The topological polar surface area (TPSA) is 96.0 Å². The number of carbonyl (C=O) groups excluding carboxylic acids is 1. The fourth-order valence-electron chi connectivity index (χ4n) is 3.82. The van der Waals surface area contributed by atoms with Crippen LogP contribution in [-0.4, -0.2) is 32.0 Å². The van der Waals surface area contributed by atoms with Crippen molar-refractivity contribution in [1.29, 1.82) is 0 Å². The second-order valence-electron chi connectivity index (χ2n) is 7.44. The zero-order valence-electron chi connectivity index (χ0n) is 16.5. The molecule has 0 atom stereocenters. The summed E-state index contributed by atoms with van der Waals surface area (Å²) in [6.45, 7) is 0. The van der Waals surface area contributed by atoms with E-state index in [1.807, 2.05) is 52.9 Å². The van der Waals surface area contributed by atoms with Gasteiger partial charge in [0.15, 0.2) is 5.17 Å². The van der Waals surface area contributed by atoms with E-state index in [2.05, 4.69) is 0 Å². The number of aromatic hydroxyl groups is 1. The lowest BCUT2D eigenvalue weighted by Gasteiger charge is -2.30. The Morgan fingerprint density at radius 1 is 1.19 bits per heavy atom. The first kappa shape index (κ1) is 21.8. The van der Waals surface area contributed by atoms with Crippen molar-refractivity contribution in [1.82, 2.24) is 4.90 Å². The Labute approximate surface area is 197 Å². The number of thioether (sulfide) groups is 1. The van der Waals surface area contributed by atoms with E-state index in [9.17, 15) is 20.0 Å². The van der Waals surface area contributed by atoms with Gasteiger partial charge >= 0.3 is 5.69 Å². The van der Waals surface area contributed by atoms with Crippen molar-refractivity contribution in [3.05, 3.63) is 66.6 Å². The molecular weight excluding hydrogens is 529 g/mol. The standard InChI is InChI=1S/C22H20IN3O4S/c23-17-11-14(12-18(20(17)27)26(29)30)13-19-21(28)25(16-9-5-2-6-10-16)22(31-19)24-15-7-3-1-4-8-15/h1,3-4,7-8,11-13,16,27H,2,5-6,9-10H2/b19-13-,24-22?. The molecule has 1 heterocycles. The molecule has 2 aromatic carbocycles. The number of phenolic OH excluding ortho intramolecular Hbond substituents is 1. The maximum absolute atomic E-state index is 13.4. The highest BCUT2D eigenvalue weighted by atomic mass is 127. The highest BCUT2D eigenvalue weighted by Gasteiger charge is 2.38. The summed E-state index contributed by atoms with van der Waals surface area (Å²) in [6.07, 6.45) is 6.87. The van der Waals surface area contributed by atoms with Gasteiger partial charge < -0.3 is 5.11 Å². The Hall–Kier alpha value is -2.40. The predicted molar refractivity (Wildman–Crippen MR) is 130 cm³/mol. The lowest BCUT2D eigenvalue weighted by atomic mass is 9.94. The molecule has 1 aliphatic heterocycles. The molecule has 7 nitrogen and oxygen atoms in total. The fourth-order valence-corrected chi connectivity index (χ4v) is 5.51. The minimum Gasteiger partial charge on any atom is -0.501 e. The van der Waals surface area contributed by atoms with Crippen LogP contribution in [0.4, 0.5) is 11.4 Å². The monoisotopic (exact) mass is 549 g/mol. The summed E-state index contributed by atoms with van der Waals surface area (Å²) in [7, 11) is 0. The van der Waals surface area contributed by atoms with Crippen molar-refractivity contribution in [2.45, 2.75) is 38.1 Å². The molecular formula is C22H20IN3O4S. The summed E-state index contributed by atoms with van der Waals surface area (Å²) in [5, 5.41) is 21.9. The number of nitrogens with zero attached hydrogens (tertiary/aromatic N) is 3. The Balaban J connectivity index is 1.73. The summed E-state index contributed by atoms with van der Waals surface area (Å²) in [5.74, 6) is -0.495. The molecule has 2 aromatic rings. The molecule has 1 saturated carbocycles. The number of carbonyl (C=O) groups is 1. The quantitative estimate of drug-likeness (QED) is 0.224. The van der Waals surface area contributed by atoms with E-state index >= 15 is 0 Å². The molecule has 4 rings (SSSR count). The van der Waals surface area contributed by atoms with Crippen LogP contribution in [-0.2, 0) is 4.79 Å². The molecule has 9 heteroatoms. The summed E-state index contributed by atoms with van der Waals surface area (Å²) >= 11 is 3.14. The largest absolute Gasteiger partial charge is 0.501 e. The third-order valence-corrected chi connectivity index (χ3v) is 7.12. The first-order chi connectivity index (χ1) is 14.9. The van der Waals surface area contributed by atoms with E-state index in [-0.39, 0.29) is 23.4 Å². The van der Waals surface area contributed by atoms with E-state index in [1.165, 1.54) is 24.2 Å². The zero-order valence-corrected chi connectivity index (χ0v) is 19.5. The van der Waals surface area contributed by atoms with E-state index in [4.69, 9.17) is 4.99 Å². The zero-order chi connectivity index (χ0) is 22.0. The Morgan fingerprint density at radius 3 is 2.58 bits per heavy atom. The third kappa shape index (κ3) is 4.77. The van der Waals surface area contributed by atoms with Gasteiger partial charge in [-0.25, -0.2) is 4.99 Å². The van der Waals surface area contributed by atoms with Crippen LogP contribution in [0.25, 0.3) is 6.08 Å². The van der Waals surface area contributed by atoms with Gasteiger partial charge in [0.25, 0.3) is 5.91 Å². The maximum atomic E-state index is 13.4. The third-order valence-electron chi connectivity index (χ3n) is 5.32. The molecule has 1 aliphatic carbocycles. The number of phenols is 1. The van der Waals surface area contributed by atoms with Crippen LogP contribution in [0.5, 0.6) is 5.75 Å². The summed E-state index contributed by atoms with van der Waals surface area (Å²) < 4.78 is 0.358. The summed E-state index contributed by atoms with van der Waals surface area (Å²) in [6, 6.07) is 12.5. The van der Waals surface area contributed by atoms with E-state index < -0.39 is 4.92 Å².